The van der Waals surface area contributed by atoms with E-state index in [0.717, 1.165) is 56.4 Å². The van der Waals surface area contributed by atoms with E-state index in [1.165, 1.54) is 96.5 Å². The van der Waals surface area contributed by atoms with Crippen molar-refractivity contribution in [3.05, 3.63) is 413 Å². The van der Waals surface area contributed by atoms with Crippen molar-refractivity contribution >= 4 is 137 Å². The Balaban J connectivity index is 0.941. The summed E-state index contributed by atoms with van der Waals surface area (Å²) in [6.07, 6.45) is 0. The van der Waals surface area contributed by atoms with Gasteiger partial charge in [-0.2, -0.15) is 0 Å². The van der Waals surface area contributed by atoms with E-state index in [9.17, 15) is 0 Å². The first-order valence-electron chi connectivity index (χ1n) is 35.4. The van der Waals surface area contributed by atoms with Crippen molar-refractivity contribution in [3.63, 3.8) is 0 Å². The fraction of sp³-hybridized carbons (Fsp3) is 0. The van der Waals surface area contributed by atoms with Crippen LogP contribution in [0.4, 0.5) is 34.1 Å². The molecular weight excluding hydrogens is 1260 g/mol. The standard InChI is InChI=1S/C96H68BN3Si2/c1-9-34-69(35-10-1)83-56-33-57-84(70-36-11-2-12-37-70)95(83)71-62-63-92-88(64-71)97-87-58-27-30-61-91(87)98(72-38-31-52-81(65-72)101(75-40-13-3-14-41-75,76-42-15-4-16-43-76)77-44-17-5-18-45-77)93-67-74(100-89-59-28-25-54-85(89)86-55-26-29-60-90(86)100)68-94(96(93)97)99(92)73-39-32-53-82(66-73)102(78-46-19-6-20-47-78,79-48-21-7-22-49-79)80-50-23-8-24-51-80/h1-68H. The Hall–Kier alpha value is -12.6. The largest absolute Gasteiger partial charge is 0.311 e. The van der Waals surface area contributed by atoms with Gasteiger partial charge in [-0.25, -0.2) is 0 Å². The number of fused-ring (bicyclic) bond motifs is 7. The Bertz CT molecular complexity index is 5640. The molecule has 102 heavy (non-hydrogen) atoms. The molecule has 0 amide bonds. The topological polar surface area (TPSA) is 11.4 Å². The van der Waals surface area contributed by atoms with Gasteiger partial charge < -0.3 is 14.4 Å². The van der Waals surface area contributed by atoms with Crippen LogP contribution in [-0.2, 0) is 0 Å². The van der Waals surface area contributed by atoms with Gasteiger partial charge in [-0.15, -0.1) is 0 Å². The maximum absolute atomic E-state index is 3.08. The quantitative estimate of drug-likeness (QED) is 0.0794. The number of benzene rings is 16. The van der Waals surface area contributed by atoms with Crippen molar-refractivity contribution in [2.75, 3.05) is 9.80 Å². The van der Waals surface area contributed by atoms with E-state index >= 15 is 0 Å². The van der Waals surface area contributed by atoms with Gasteiger partial charge in [0.2, 0.25) is 0 Å². The lowest BCUT2D eigenvalue weighted by Crippen LogP contribution is -2.74. The third-order valence-corrected chi connectivity index (χ3v) is 31.2. The van der Waals surface area contributed by atoms with Crippen LogP contribution in [0.25, 0.3) is 60.9 Å². The smallest absolute Gasteiger partial charge is 0.252 e. The van der Waals surface area contributed by atoms with E-state index in [1.54, 1.807) is 0 Å². The maximum atomic E-state index is 2.65. The Morgan fingerprint density at radius 2 is 0.559 bits per heavy atom. The number of aromatic nitrogens is 1. The van der Waals surface area contributed by atoms with Gasteiger partial charge >= 0.3 is 0 Å². The van der Waals surface area contributed by atoms with Gasteiger partial charge in [0.15, 0.2) is 16.1 Å². The molecule has 6 heteroatoms. The van der Waals surface area contributed by atoms with Gasteiger partial charge in [0.25, 0.3) is 6.71 Å². The van der Waals surface area contributed by atoms with Crippen molar-refractivity contribution in [2.45, 2.75) is 0 Å². The fourth-order valence-electron chi connectivity index (χ4n) is 17.4. The number of hydrogen-bond acceptors (Lipinski definition) is 2. The molecule has 3 heterocycles. The molecule has 0 fully saturated rings. The first kappa shape index (κ1) is 60.6. The normalized spacial score (nSPS) is 12.5. The summed E-state index contributed by atoms with van der Waals surface area (Å²) < 4.78 is 2.53. The van der Waals surface area contributed by atoms with Crippen molar-refractivity contribution in [1.82, 2.24) is 4.57 Å². The highest BCUT2D eigenvalue weighted by Crippen LogP contribution is 2.48. The van der Waals surface area contributed by atoms with Crippen LogP contribution in [0.5, 0.6) is 0 Å². The number of nitrogens with zero attached hydrogens (tertiary/aromatic N) is 3. The molecule has 0 N–H and O–H groups in total. The Morgan fingerprint density at radius 3 is 0.980 bits per heavy atom. The van der Waals surface area contributed by atoms with Crippen LogP contribution in [0.1, 0.15) is 0 Å². The van der Waals surface area contributed by atoms with Crippen molar-refractivity contribution in [3.8, 4) is 39.1 Å². The zero-order valence-corrected chi connectivity index (χ0v) is 58.2. The molecule has 0 saturated carbocycles. The summed E-state index contributed by atoms with van der Waals surface area (Å²) in [6, 6.07) is 156. The molecule has 0 spiro atoms. The lowest BCUT2D eigenvalue weighted by Gasteiger charge is -2.45. The van der Waals surface area contributed by atoms with Crippen LogP contribution in [0.15, 0.2) is 413 Å². The first-order valence-corrected chi connectivity index (χ1v) is 39.4. The summed E-state index contributed by atoms with van der Waals surface area (Å²) in [5.41, 5.74) is 20.9. The van der Waals surface area contributed by atoms with Gasteiger partial charge in [0.1, 0.15) is 0 Å². The molecule has 0 radical (unpaired) electrons. The summed E-state index contributed by atoms with van der Waals surface area (Å²) in [4.78, 5) is 5.28. The molecule has 0 saturated heterocycles. The molecule has 16 aromatic carbocycles. The maximum Gasteiger partial charge on any atom is 0.252 e. The summed E-state index contributed by atoms with van der Waals surface area (Å²) in [5, 5.41) is 13.0. The third-order valence-electron chi connectivity index (χ3n) is 21.6. The summed E-state index contributed by atoms with van der Waals surface area (Å²) in [7, 11) is -6.12. The van der Waals surface area contributed by atoms with Gasteiger partial charge in [0, 0.05) is 44.9 Å². The monoisotopic (exact) mass is 1330 g/mol. The average Bonchev–Trinajstić information content (AvgIpc) is 0.850. The predicted octanol–water partition coefficient (Wildman–Crippen LogP) is 16.6. The molecule has 17 aromatic rings. The number of para-hydroxylation sites is 3. The zero-order chi connectivity index (χ0) is 67.6. The summed E-state index contributed by atoms with van der Waals surface area (Å²) in [5.74, 6) is 0. The molecule has 478 valence electrons. The molecule has 2 aliphatic heterocycles. The van der Waals surface area contributed by atoms with E-state index in [1.807, 2.05) is 0 Å². The molecule has 3 nitrogen and oxygen atoms in total. The van der Waals surface area contributed by atoms with E-state index in [0.29, 0.717) is 0 Å². The Kier molecular flexibility index (Phi) is 15.0. The highest BCUT2D eigenvalue weighted by atomic mass is 28.3. The Labute approximate surface area is 598 Å². The second-order valence-corrected chi connectivity index (χ2v) is 34.6. The van der Waals surface area contributed by atoms with Crippen LogP contribution in [0.2, 0.25) is 0 Å². The van der Waals surface area contributed by atoms with E-state index in [-0.39, 0.29) is 6.71 Å². The minimum absolute atomic E-state index is 0.214. The van der Waals surface area contributed by atoms with Crippen LogP contribution < -0.4 is 67.7 Å². The number of rotatable bonds is 14. The predicted molar refractivity (Wildman–Crippen MR) is 438 cm³/mol. The SMILES string of the molecule is c1ccc(-c2cccc(-c3ccccc3)c2-c2ccc3c(c2)B2c4ccccc4N(c4cccc([Si](c5ccccc5)(c5ccccc5)c5ccccc5)c4)c4cc(-n5c6ccccc6c6ccccc65)cc(c42)N3c2cccc([Si](c3ccccc3)(c3ccccc3)c3ccccc3)c2)cc1. The summed E-state index contributed by atoms with van der Waals surface area (Å²) >= 11 is 0. The molecule has 0 aliphatic carbocycles. The van der Waals surface area contributed by atoms with Crippen LogP contribution in [-0.4, -0.2) is 27.4 Å². The third kappa shape index (κ3) is 9.70. The molecule has 19 rings (SSSR count). The lowest BCUT2D eigenvalue weighted by molar-refractivity contribution is 1.16. The highest BCUT2D eigenvalue weighted by Gasteiger charge is 2.47. The zero-order valence-electron chi connectivity index (χ0n) is 56.2. The van der Waals surface area contributed by atoms with E-state index < -0.39 is 16.1 Å². The van der Waals surface area contributed by atoms with Crippen LogP contribution >= 0.6 is 0 Å². The van der Waals surface area contributed by atoms with Crippen molar-refractivity contribution in [2.24, 2.45) is 0 Å². The second-order valence-electron chi connectivity index (χ2n) is 27.0. The Morgan fingerprint density at radius 1 is 0.216 bits per heavy atom. The molecule has 0 atom stereocenters. The van der Waals surface area contributed by atoms with Crippen molar-refractivity contribution in [1.29, 1.82) is 0 Å². The summed E-state index contributed by atoms with van der Waals surface area (Å²) in [6.45, 7) is -0.214. The van der Waals surface area contributed by atoms with Crippen LogP contribution in [0.3, 0.4) is 0 Å². The minimum atomic E-state index is -3.08. The van der Waals surface area contributed by atoms with Gasteiger partial charge in [-0.05, 0) is 152 Å². The van der Waals surface area contributed by atoms with Crippen molar-refractivity contribution < 1.29 is 0 Å². The first-order chi connectivity index (χ1) is 50.6. The van der Waals surface area contributed by atoms with E-state index in [2.05, 4.69) is 427 Å². The lowest BCUT2D eigenvalue weighted by atomic mass is 9.33. The second kappa shape index (κ2) is 25.3. The minimum Gasteiger partial charge on any atom is -0.311 e. The van der Waals surface area contributed by atoms with Gasteiger partial charge in [-0.3, -0.25) is 0 Å². The fourth-order valence-corrected chi connectivity index (χ4v) is 27.0. The number of anilines is 6. The average molecular weight is 1330 g/mol. The van der Waals surface area contributed by atoms with Crippen LogP contribution in [0, 0.1) is 0 Å². The molecule has 0 unspecified atom stereocenters. The molecule has 2 aliphatic rings. The number of hydrogen-bond donors (Lipinski definition) is 0. The molecular formula is C96H68BN3Si2. The molecule has 1 aromatic heterocycles. The highest BCUT2D eigenvalue weighted by molar-refractivity contribution is 7.20. The van der Waals surface area contributed by atoms with Gasteiger partial charge in [0.05, 0.1) is 16.7 Å². The molecule has 0 bridgehead atoms. The van der Waals surface area contributed by atoms with Gasteiger partial charge in [-0.1, -0.05) is 352 Å². The van der Waals surface area contributed by atoms with E-state index in [4.69, 9.17) is 0 Å².